The molecule has 1 aliphatic rings. The Morgan fingerprint density at radius 1 is 0.939 bits per heavy atom. The van der Waals surface area contributed by atoms with Crippen LogP contribution >= 0.6 is 0 Å². The number of oxazole rings is 1. The van der Waals surface area contributed by atoms with E-state index < -0.39 is 0 Å². The van der Waals surface area contributed by atoms with Gasteiger partial charge in [-0.1, -0.05) is 18.2 Å². The summed E-state index contributed by atoms with van der Waals surface area (Å²) in [6.07, 6.45) is 1.91. The van der Waals surface area contributed by atoms with Crippen LogP contribution in [0.2, 0.25) is 0 Å². The molecule has 4 aromatic rings. The van der Waals surface area contributed by atoms with Gasteiger partial charge in [0.1, 0.15) is 11.5 Å². The van der Waals surface area contributed by atoms with Crippen LogP contribution < -0.4 is 9.64 Å². The van der Waals surface area contributed by atoms with Crippen LogP contribution in [0.15, 0.2) is 47.0 Å². The highest BCUT2D eigenvalue weighted by Gasteiger charge is 2.22. The molecule has 0 N–H and O–H groups in total. The predicted molar refractivity (Wildman–Crippen MR) is 130 cm³/mol. The topological polar surface area (TPSA) is 67.5 Å². The average molecular weight is 444 g/mol. The lowest BCUT2D eigenvalue weighted by Crippen LogP contribution is -2.46. The SMILES string of the molecule is COc1ccc(-c2nc(CN3CCN(c4ncc5ccccc5n4)CC3)c(C)o2)c(C)c1C. The van der Waals surface area contributed by atoms with Crippen molar-refractivity contribution in [1.29, 1.82) is 0 Å². The van der Waals surface area contributed by atoms with E-state index in [0.717, 1.165) is 83.5 Å². The summed E-state index contributed by atoms with van der Waals surface area (Å²) in [4.78, 5) is 18.9. The quantitative estimate of drug-likeness (QED) is 0.448. The number of methoxy groups -OCH3 is 1. The van der Waals surface area contributed by atoms with Crippen molar-refractivity contribution in [2.24, 2.45) is 0 Å². The standard InChI is InChI=1S/C26H29N5O2/c1-17-18(2)24(32-4)10-9-21(17)25-28-23(19(3)33-25)16-30-11-13-31(14-12-30)26-27-15-20-7-5-6-8-22(20)29-26/h5-10,15H,11-14,16H2,1-4H3. The number of nitrogens with zero attached hydrogens (tertiary/aromatic N) is 5. The molecule has 1 saturated heterocycles. The van der Waals surface area contributed by atoms with E-state index in [-0.39, 0.29) is 0 Å². The Labute approximate surface area is 194 Å². The molecule has 0 aliphatic carbocycles. The third-order valence-electron chi connectivity index (χ3n) is 6.59. The minimum Gasteiger partial charge on any atom is -0.496 e. The Kier molecular flexibility index (Phi) is 5.72. The Hall–Kier alpha value is -3.45. The van der Waals surface area contributed by atoms with Crippen LogP contribution in [-0.2, 0) is 6.54 Å². The molecular formula is C26H29N5O2. The summed E-state index contributed by atoms with van der Waals surface area (Å²) in [6, 6.07) is 12.1. The number of aromatic nitrogens is 3. The Morgan fingerprint density at radius 2 is 1.73 bits per heavy atom. The van der Waals surface area contributed by atoms with Crippen LogP contribution in [0, 0.1) is 20.8 Å². The third kappa shape index (κ3) is 4.16. The minimum absolute atomic E-state index is 0.675. The van der Waals surface area contributed by atoms with Gasteiger partial charge in [-0.25, -0.2) is 15.0 Å². The second-order valence-electron chi connectivity index (χ2n) is 8.58. The lowest BCUT2D eigenvalue weighted by Gasteiger charge is -2.34. The molecule has 2 aromatic heterocycles. The van der Waals surface area contributed by atoms with Crippen LogP contribution in [0.3, 0.4) is 0 Å². The highest BCUT2D eigenvalue weighted by atomic mass is 16.5. The maximum absolute atomic E-state index is 6.07. The summed E-state index contributed by atoms with van der Waals surface area (Å²) in [6.45, 7) is 10.6. The van der Waals surface area contributed by atoms with E-state index in [9.17, 15) is 0 Å². The first-order valence-corrected chi connectivity index (χ1v) is 11.3. The Balaban J connectivity index is 1.27. The first kappa shape index (κ1) is 21.4. The van der Waals surface area contributed by atoms with Crippen LogP contribution in [0.5, 0.6) is 5.75 Å². The van der Waals surface area contributed by atoms with Crippen molar-refractivity contribution in [3.8, 4) is 17.2 Å². The number of hydrogen-bond donors (Lipinski definition) is 0. The maximum atomic E-state index is 6.07. The lowest BCUT2D eigenvalue weighted by molar-refractivity contribution is 0.245. The molecule has 0 bridgehead atoms. The van der Waals surface area contributed by atoms with Gasteiger partial charge in [-0.3, -0.25) is 4.90 Å². The van der Waals surface area contributed by atoms with E-state index >= 15 is 0 Å². The first-order valence-electron chi connectivity index (χ1n) is 11.3. The van der Waals surface area contributed by atoms with Gasteiger partial charge < -0.3 is 14.1 Å². The van der Waals surface area contributed by atoms with Crippen molar-refractivity contribution >= 4 is 16.9 Å². The van der Waals surface area contributed by atoms with Crippen molar-refractivity contribution < 1.29 is 9.15 Å². The third-order valence-corrected chi connectivity index (χ3v) is 6.59. The number of aryl methyl sites for hydroxylation is 1. The fourth-order valence-electron chi connectivity index (χ4n) is 4.37. The van der Waals surface area contributed by atoms with Crippen molar-refractivity contribution in [1.82, 2.24) is 19.9 Å². The van der Waals surface area contributed by atoms with Gasteiger partial charge in [0.2, 0.25) is 11.8 Å². The fourth-order valence-corrected chi connectivity index (χ4v) is 4.37. The number of fused-ring (bicyclic) bond motifs is 1. The second kappa shape index (κ2) is 8.83. The van der Waals surface area contributed by atoms with Crippen LogP contribution in [0.1, 0.15) is 22.6 Å². The molecule has 7 heteroatoms. The second-order valence-corrected chi connectivity index (χ2v) is 8.58. The molecule has 0 saturated carbocycles. The molecule has 2 aromatic carbocycles. The molecule has 0 spiro atoms. The molecule has 170 valence electrons. The minimum atomic E-state index is 0.675. The number of hydrogen-bond acceptors (Lipinski definition) is 7. The van der Waals surface area contributed by atoms with Crippen molar-refractivity contribution in [3.05, 3.63) is 65.2 Å². The monoisotopic (exact) mass is 443 g/mol. The van der Waals surface area contributed by atoms with Crippen LogP contribution in [-0.4, -0.2) is 53.1 Å². The van der Waals surface area contributed by atoms with Gasteiger partial charge in [0, 0.05) is 49.9 Å². The number of benzene rings is 2. The highest BCUT2D eigenvalue weighted by Crippen LogP contribution is 2.32. The molecule has 3 heterocycles. The summed E-state index contributed by atoms with van der Waals surface area (Å²) in [5, 5.41) is 1.07. The van der Waals surface area contributed by atoms with Gasteiger partial charge in [0.25, 0.3) is 0 Å². The molecule has 33 heavy (non-hydrogen) atoms. The number of ether oxygens (including phenoxy) is 1. The lowest BCUT2D eigenvalue weighted by atomic mass is 10.0. The smallest absolute Gasteiger partial charge is 0.226 e. The van der Waals surface area contributed by atoms with Crippen molar-refractivity contribution in [2.45, 2.75) is 27.3 Å². The maximum Gasteiger partial charge on any atom is 0.226 e. The number of anilines is 1. The predicted octanol–water partition coefficient (Wildman–Crippen LogP) is 4.54. The normalized spacial score (nSPS) is 14.7. The van der Waals surface area contributed by atoms with Gasteiger partial charge in [0.05, 0.1) is 18.3 Å². The summed E-state index contributed by atoms with van der Waals surface area (Å²) in [5.41, 5.74) is 5.24. The summed E-state index contributed by atoms with van der Waals surface area (Å²) in [5.74, 6) is 3.23. The number of para-hydroxylation sites is 1. The molecule has 0 atom stereocenters. The summed E-state index contributed by atoms with van der Waals surface area (Å²) >= 11 is 0. The highest BCUT2D eigenvalue weighted by molar-refractivity contribution is 5.78. The average Bonchev–Trinajstić information content (AvgIpc) is 3.20. The zero-order valence-corrected chi connectivity index (χ0v) is 19.6. The first-order chi connectivity index (χ1) is 16.0. The van der Waals surface area contributed by atoms with Gasteiger partial charge in [-0.2, -0.15) is 0 Å². The van der Waals surface area contributed by atoms with Gasteiger partial charge in [-0.05, 0) is 50.1 Å². The molecular weight excluding hydrogens is 414 g/mol. The zero-order chi connectivity index (χ0) is 22.9. The Morgan fingerprint density at radius 3 is 2.52 bits per heavy atom. The van der Waals surface area contributed by atoms with E-state index in [1.165, 1.54) is 0 Å². The zero-order valence-electron chi connectivity index (χ0n) is 19.6. The van der Waals surface area contributed by atoms with E-state index in [1.54, 1.807) is 7.11 Å². The van der Waals surface area contributed by atoms with Crippen molar-refractivity contribution in [3.63, 3.8) is 0 Å². The molecule has 1 aliphatic heterocycles. The van der Waals surface area contributed by atoms with Crippen LogP contribution in [0.4, 0.5) is 5.95 Å². The van der Waals surface area contributed by atoms with Gasteiger partial charge in [0.15, 0.2) is 0 Å². The molecule has 5 rings (SSSR count). The van der Waals surface area contributed by atoms with Crippen molar-refractivity contribution in [2.75, 3.05) is 38.2 Å². The largest absolute Gasteiger partial charge is 0.496 e. The summed E-state index contributed by atoms with van der Waals surface area (Å²) in [7, 11) is 1.70. The number of piperazine rings is 1. The molecule has 1 fully saturated rings. The summed E-state index contributed by atoms with van der Waals surface area (Å²) < 4.78 is 11.5. The van der Waals surface area contributed by atoms with Crippen LogP contribution in [0.25, 0.3) is 22.4 Å². The van der Waals surface area contributed by atoms with Gasteiger partial charge in [-0.15, -0.1) is 0 Å². The Bertz CT molecular complexity index is 1290. The van der Waals surface area contributed by atoms with E-state index in [2.05, 4.69) is 28.6 Å². The molecule has 0 unspecified atom stereocenters. The van der Waals surface area contributed by atoms with E-state index in [0.29, 0.717) is 5.89 Å². The van der Waals surface area contributed by atoms with Gasteiger partial charge >= 0.3 is 0 Å². The molecule has 0 amide bonds. The molecule has 0 radical (unpaired) electrons. The van der Waals surface area contributed by atoms with E-state index in [1.807, 2.05) is 49.5 Å². The molecule has 7 nitrogen and oxygen atoms in total. The number of rotatable bonds is 5. The fraction of sp³-hybridized carbons (Fsp3) is 0.346. The van der Waals surface area contributed by atoms with E-state index in [4.69, 9.17) is 19.1 Å².